The maximum Gasteiger partial charge on any atom is 0.0728 e. The molecule has 0 radical (unpaired) electrons. The molecule has 1 aliphatic rings. The number of hydrogen-bond donors (Lipinski definition) is 0. The van der Waals surface area contributed by atoms with Crippen molar-refractivity contribution in [1.29, 1.82) is 0 Å². The molecule has 0 aromatic carbocycles. The molecule has 1 saturated carbocycles. The van der Waals surface area contributed by atoms with Crippen LogP contribution in [0.2, 0.25) is 0 Å². The van der Waals surface area contributed by atoms with Crippen LogP contribution in [-0.4, -0.2) is 20.4 Å². The van der Waals surface area contributed by atoms with Gasteiger partial charge in [0.15, 0.2) is 0 Å². The zero-order valence-electron chi connectivity index (χ0n) is 8.49. The zero-order valence-corrected chi connectivity index (χ0v) is 9.24. The smallest absolute Gasteiger partial charge is 0.0728 e. The van der Waals surface area contributed by atoms with Crippen LogP contribution in [0.4, 0.5) is 0 Å². The Morgan fingerprint density at radius 1 is 1.57 bits per heavy atom. The molecule has 78 valence electrons. The van der Waals surface area contributed by atoms with E-state index < -0.39 is 0 Å². The maximum absolute atomic E-state index is 6.17. The first-order chi connectivity index (χ1) is 6.81. The monoisotopic (exact) mass is 213 g/mol. The van der Waals surface area contributed by atoms with Gasteiger partial charge in [-0.2, -0.15) is 0 Å². The number of halogens is 1. The van der Waals surface area contributed by atoms with E-state index >= 15 is 0 Å². The summed E-state index contributed by atoms with van der Waals surface area (Å²) in [6.45, 7) is 3.00. The van der Waals surface area contributed by atoms with Crippen molar-refractivity contribution in [3.63, 3.8) is 0 Å². The van der Waals surface area contributed by atoms with E-state index in [9.17, 15) is 0 Å². The average molecular weight is 214 g/mol. The lowest BCUT2D eigenvalue weighted by molar-refractivity contribution is 0.422. The number of alkyl halides is 1. The van der Waals surface area contributed by atoms with Crippen molar-refractivity contribution in [2.24, 2.45) is 0 Å². The Balaban J connectivity index is 2.13. The summed E-state index contributed by atoms with van der Waals surface area (Å²) in [6, 6.07) is 0. The van der Waals surface area contributed by atoms with Gasteiger partial charge in [-0.3, -0.25) is 0 Å². The van der Waals surface area contributed by atoms with E-state index in [1.807, 2.05) is 10.9 Å². The van der Waals surface area contributed by atoms with Gasteiger partial charge in [0, 0.05) is 17.8 Å². The molecule has 3 nitrogen and oxygen atoms in total. The van der Waals surface area contributed by atoms with E-state index in [4.69, 9.17) is 11.6 Å². The van der Waals surface area contributed by atoms with Crippen molar-refractivity contribution < 1.29 is 0 Å². The molecular weight excluding hydrogens is 198 g/mol. The summed E-state index contributed by atoms with van der Waals surface area (Å²) in [6.07, 6.45) is 6.59. The van der Waals surface area contributed by atoms with E-state index in [0.717, 1.165) is 19.4 Å². The molecule has 0 N–H and O–H groups in total. The van der Waals surface area contributed by atoms with Crippen molar-refractivity contribution in [3.8, 4) is 0 Å². The van der Waals surface area contributed by atoms with Crippen LogP contribution in [-0.2, 0) is 6.54 Å². The Labute approximate surface area is 89.4 Å². The number of hydrogen-bond acceptors (Lipinski definition) is 2. The first-order valence-corrected chi connectivity index (χ1v) is 5.77. The highest BCUT2D eigenvalue weighted by Crippen LogP contribution is 2.34. The average Bonchev–Trinajstić information content (AvgIpc) is 2.65. The van der Waals surface area contributed by atoms with Crippen molar-refractivity contribution in [2.75, 3.05) is 0 Å². The summed E-state index contributed by atoms with van der Waals surface area (Å²) in [5.41, 5.74) is 1.26. The molecule has 2 unspecified atom stereocenters. The van der Waals surface area contributed by atoms with Gasteiger partial charge < -0.3 is 0 Å². The molecule has 4 heteroatoms. The van der Waals surface area contributed by atoms with E-state index in [2.05, 4.69) is 17.2 Å². The predicted octanol–water partition coefficient (Wildman–Crippen LogP) is 2.56. The second-order valence-corrected chi connectivity index (χ2v) is 4.55. The topological polar surface area (TPSA) is 30.7 Å². The fraction of sp³-hybridized carbons (Fsp3) is 0.800. The van der Waals surface area contributed by atoms with Crippen LogP contribution in [0.1, 0.15) is 44.2 Å². The number of aryl methyl sites for hydroxylation is 1. The lowest BCUT2D eigenvalue weighted by Gasteiger charge is -2.25. The first kappa shape index (κ1) is 9.97. The van der Waals surface area contributed by atoms with Gasteiger partial charge in [0.2, 0.25) is 0 Å². The Morgan fingerprint density at radius 3 is 3.14 bits per heavy atom. The summed E-state index contributed by atoms with van der Waals surface area (Å²) in [7, 11) is 0. The van der Waals surface area contributed by atoms with Crippen molar-refractivity contribution >= 4 is 11.6 Å². The van der Waals surface area contributed by atoms with Crippen molar-refractivity contribution in [3.05, 3.63) is 11.9 Å². The molecule has 1 aromatic heterocycles. The lowest BCUT2D eigenvalue weighted by Crippen LogP contribution is -2.17. The van der Waals surface area contributed by atoms with Crippen LogP contribution in [0.25, 0.3) is 0 Å². The molecule has 2 atom stereocenters. The molecule has 1 fully saturated rings. The molecule has 1 heterocycles. The van der Waals surface area contributed by atoms with Gasteiger partial charge in [0.05, 0.1) is 11.9 Å². The van der Waals surface area contributed by atoms with Crippen LogP contribution in [0.15, 0.2) is 6.20 Å². The summed E-state index contributed by atoms with van der Waals surface area (Å²) >= 11 is 6.17. The summed E-state index contributed by atoms with van der Waals surface area (Å²) in [5, 5.41) is 8.36. The second kappa shape index (κ2) is 4.30. The molecular formula is C10H16ClN3. The number of rotatable bonds is 2. The van der Waals surface area contributed by atoms with Crippen molar-refractivity contribution in [2.45, 2.75) is 50.4 Å². The minimum absolute atomic E-state index is 0.342. The highest BCUT2D eigenvalue weighted by molar-refractivity contribution is 6.20. The van der Waals surface area contributed by atoms with Gasteiger partial charge in [-0.05, 0) is 26.2 Å². The van der Waals surface area contributed by atoms with Gasteiger partial charge in [0.25, 0.3) is 0 Å². The van der Waals surface area contributed by atoms with Gasteiger partial charge in [-0.25, -0.2) is 4.68 Å². The fourth-order valence-corrected chi connectivity index (χ4v) is 2.60. The molecule has 0 spiro atoms. The Hall–Kier alpha value is -0.570. The highest BCUT2D eigenvalue weighted by atomic mass is 35.5. The van der Waals surface area contributed by atoms with Crippen molar-refractivity contribution in [1.82, 2.24) is 15.0 Å². The fourth-order valence-electron chi connectivity index (χ4n) is 2.23. The number of aromatic nitrogens is 3. The lowest BCUT2D eigenvalue weighted by atomic mass is 9.87. The molecule has 2 rings (SSSR count). The largest absolute Gasteiger partial charge is 0.249 e. The molecule has 0 bridgehead atoms. The maximum atomic E-state index is 6.17. The summed E-state index contributed by atoms with van der Waals surface area (Å²) in [5.74, 6) is 0.571. The Morgan fingerprint density at radius 2 is 2.43 bits per heavy atom. The molecule has 0 amide bonds. The number of nitrogens with zero attached hydrogens (tertiary/aromatic N) is 3. The van der Waals surface area contributed by atoms with Crippen LogP contribution in [0, 0.1) is 0 Å². The van der Waals surface area contributed by atoms with Crippen LogP contribution in [0.5, 0.6) is 0 Å². The minimum atomic E-state index is 0.342. The standard InChI is InChI=1S/C10H16ClN3/c1-2-14-10(7-12-13-14)8-4-3-5-9(11)6-8/h7-9H,2-6H2,1H3. The van der Waals surface area contributed by atoms with E-state index in [1.54, 1.807) is 0 Å². The molecule has 1 aliphatic carbocycles. The van der Waals surface area contributed by atoms with Gasteiger partial charge in [-0.1, -0.05) is 11.6 Å². The minimum Gasteiger partial charge on any atom is -0.249 e. The molecule has 0 saturated heterocycles. The highest BCUT2D eigenvalue weighted by Gasteiger charge is 2.24. The first-order valence-electron chi connectivity index (χ1n) is 5.33. The quantitative estimate of drug-likeness (QED) is 0.707. The van der Waals surface area contributed by atoms with Crippen LogP contribution >= 0.6 is 11.6 Å². The third-order valence-corrected chi connectivity index (χ3v) is 3.37. The normalized spacial score (nSPS) is 27.9. The molecule has 1 aromatic rings. The third kappa shape index (κ3) is 1.92. The van der Waals surface area contributed by atoms with E-state index in [-0.39, 0.29) is 0 Å². The SMILES string of the molecule is CCn1nncc1C1CCCC(Cl)C1. The van der Waals surface area contributed by atoms with Gasteiger partial charge in [0.1, 0.15) is 0 Å². The Bertz CT molecular complexity index is 297. The third-order valence-electron chi connectivity index (χ3n) is 2.98. The van der Waals surface area contributed by atoms with Crippen LogP contribution in [0.3, 0.4) is 0 Å². The van der Waals surface area contributed by atoms with E-state index in [1.165, 1.54) is 18.5 Å². The summed E-state index contributed by atoms with van der Waals surface area (Å²) in [4.78, 5) is 0. The second-order valence-electron chi connectivity index (χ2n) is 3.94. The predicted molar refractivity (Wildman–Crippen MR) is 56.5 cm³/mol. The summed E-state index contributed by atoms with van der Waals surface area (Å²) < 4.78 is 1.99. The van der Waals surface area contributed by atoms with E-state index in [0.29, 0.717) is 11.3 Å². The van der Waals surface area contributed by atoms with Gasteiger partial charge in [-0.15, -0.1) is 16.7 Å². The Kier molecular flexibility index (Phi) is 3.06. The molecule has 14 heavy (non-hydrogen) atoms. The molecule has 0 aliphatic heterocycles. The van der Waals surface area contributed by atoms with Crippen LogP contribution < -0.4 is 0 Å². The zero-order chi connectivity index (χ0) is 9.97. The van der Waals surface area contributed by atoms with Gasteiger partial charge >= 0.3 is 0 Å².